The van der Waals surface area contributed by atoms with Gasteiger partial charge in [-0.2, -0.15) is 4.31 Å². The van der Waals surface area contributed by atoms with Crippen molar-refractivity contribution in [2.75, 3.05) is 32.7 Å². The molecule has 1 atom stereocenters. The Hall–Kier alpha value is -2.63. The summed E-state index contributed by atoms with van der Waals surface area (Å²) in [5.41, 5.74) is 2.31. The molecular formula is C24H27F3N2O5S. The highest BCUT2D eigenvalue weighted by atomic mass is 32.2. The standard InChI is InChI=1S/C24H27F3N2O5S/c25-24(26,27)34-20-8-6-17(7-9-20)3-2-10-28-11-13-29(14-12-28)35(32,33)22-5-1-4-18-15-19(23(30)31)16-21(18)22/h1,4-9,19H,2-3,10-16H2,(H,30,31). The normalized spacial score (nSPS) is 19.5. The first kappa shape index (κ1) is 25.5. The number of rotatable bonds is 8. The minimum Gasteiger partial charge on any atom is -0.481 e. The summed E-state index contributed by atoms with van der Waals surface area (Å²) in [6, 6.07) is 10.9. The largest absolute Gasteiger partial charge is 0.573 e. The van der Waals surface area contributed by atoms with E-state index in [0.29, 0.717) is 44.6 Å². The van der Waals surface area contributed by atoms with Gasteiger partial charge in [-0.25, -0.2) is 8.42 Å². The summed E-state index contributed by atoms with van der Waals surface area (Å²) in [7, 11) is -3.72. The van der Waals surface area contributed by atoms with Crippen LogP contribution >= 0.6 is 0 Å². The number of carboxylic acid groups (broad SMARTS) is 1. The Morgan fingerprint density at radius 1 is 1.03 bits per heavy atom. The number of alkyl halides is 3. The summed E-state index contributed by atoms with van der Waals surface area (Å²) >= 11 is 0. The lowest BCUT2D eigenvalue weighted by molar-refractivity contribution is -0.274. The molecule has 4 rings (SSSR count). The molecule has 2 aromatic rings. The van der Waals surface area contributed by atoms with Crippen LogP contribution in [-0.2, 0) is 34.1 Å². The molecule has 0 bridgehead atoms. The molecule has 1 fully saturated rings. The Kier molecular flexibility index (Phi) is 7.39. The van der Waals surface area contributed by atoms with Gasteiger partial charge in [0.25, 0.3) is 0 Å². The molecule has 2 aliphatic rings. The third kappa shape index (κ3) is 6.14. The van der Waals surface area contributed by atoms with Crippen LogP contribution in [0.15, 0.2) is 47.4 Å². The van der Waals surface area contributed by atoms with Crippen LogP contribution in [-0.4, -0.2) is 67.8 Å². The molecule has 0 amide bonds. The Morgan fingerprint density at radius 2 is 1.71 bits per heavy atom. The van der Waals surface area contributed by atoms with Gasteiger partial charge in [-0.1, -0.05) is 24.3 Å². The number of halogens is 3. The second-order valence-electron chi connectivity index (χ2n) is 8.88. The molecule has 0 saturated carbocycles. The predicted molar refractivity (Wildman–Crippen MR) is 122 cm³/mol. The molecule has 0 radical (unpaired) electrons. The molecule has 1 heterocycles. The third-order valence-corrected chi connectivity index (χ3v) is 8.53. The number of piperazine rings is 1. The number of hydrogen-bond donors (Lipinski definition) is 1. The van der Waals surface area contributed by atoms with E-state index in [1.165, 1.54) is 16.4 Å². The lowest BCUT2D eigenvalue weighted by atomic mass is 10.1. The molecule has 1 aliphatic heterocycles. The van der Waals surface area contributed by atoms with Gasteiger partial charge in [0.15, 0.2) is 0 Å². The zero-order chi connectivity index (χ0) is 25.2. The zero-order valence-corrected chi connectivity index (χ0v) is 19.8. The Morgan fingerprint density at radius 3 is 2.34 bits per heavy atom. The van der Waals surface area contributed by atoms with Crippen molar-refractivity contribution in [2.45, 2.75) is 36.9 Å². The number of carbonyl (C=O) groups is 1. The highest BCUT2D eigenvalue weighted by molar-refractivity contribution is 7.89. The number of nitrogens with zero attached hydrogens (tertiary/aromatic N) is 2. The highest BCUT2D eigenvalue weighted by Gasteiger charge is 2.35. The average molecular weight is 513 g/mol. The minimum absolute atomic E-state index is 0.213. The fourth-order valence-electron chi connectivity index (χ4n) is 4.73. The van der Waals surface area contributed by atoms with Gasteiger partial charge in [0.2, 0.25) is 10.0 Å². The molecule has 11 heteroatoms. The molecule has 35 heavy (non-hydrogen) atoms. The van der Waals surface area contributed by atoms with Crippen LogP contribution in [0.25, 0.3) is 0 Å². The molecule has 2 aromatic carbocycles. The molecule has 190 valence electrons. The summed E-state index contributed by atoms with van der Waals surface area (Å²) in [4.78, 5) is 13.8. The van der Waals surface area contributed by atoms with Gasteiger partial charge in [-0.15, -0.1) is 13.2 Å². The maximum Gasteiger partial charge on any atom is 0.573 e. The van der Waals surface area contributed by atoms with E-state index in [0.717, 1.165) is 24.1 Å². The molecular weight excluding hydrogens is 485 g/mol. The topological polar surface area (TPSA) is 87.1 Å². The first-order valence-corrected chi connectivity index (χ1v) is 12.9. The van der Waals surface area contributed by atoms with Crippen molar-refractivity contribution < 1.29 is 36.2 Å². The lowest BCUT2D eigenvalue weighted by Crippen LogP contribution is -2.48. The molecule has 1 saturated heterocycles. The van der Waals surface area contributed by atoms with Gasteiger partial charge in [0.05, 0.1) is 10.8 Å². The monoisotopic (exact) mass is 512 g/mol. The van der Waals surface area contributed by atoms with Gasteiger partial charge >= 0.3 is 12.3 Å². The van der Waals surface area contributed by atoms with E-state index >= 15 is 0 Å². The summed E-state index contributed by atoms with van der Waals surface area (Å²) in [5, 5.41) is 9.34. The number of fused-ring (bicyclic) bond motifs is 1. The van der Waals surface area contributed by atoms with E-state index in [4.69, 9.17) is 0 Å². The van der Waals surface area contributed by atoms with Gasteiger partial charge in [0, 0.05) is 26.2 Å². The second kappa shape index (κ2) is 10.2. The maximum absolute atomic E-state index is 13.3. The van der Waals surface area contributed by atoms with Gasteiger partial charge in [0.1, 0.15) is 5.75 Å². The molecule has 7 nitrogen and oxygen atoms in total. The fourth-order valence-corrected chi connectivity index (χ4v) is 6.43. The summed E-state index contributed by atoms with van der Waals surface area (Å²) in [6.07, 6.45) is -2.66. The summed E-state index contributed by atoms with van der Waals surface area (Å²) < 4.78 is 68.8. The van der Waals surface area contributed by atoms with Crippen molar-refractivity contribution >= 4 is 16.0 Å². The van der Waals surface area contributed by atoms with Crippen LogP contribution in [0.3, 0.4) is 0 Å². The Bertz CT molecular complexity index is 1160. The fraction of sp³-hybridized carbons (Fsp3) is 0.458. The first-order chi connectivity index (χ1) is 16.5. The van der Waals surface area contributed by atoms with E-state index in [2.05, 4.69) is 9.64 Å². The summed E-state index contributed by atoms with van der Waals surface area (Å²) in [5.74, 6) is -1.75. The molecule has 0 spiro atoms. The van der Waals surface area contributed by atoms with Crippen molar-refractivity contribution in [3.8, 4) is 5.75 Å². The van der Waals surface area contributed by atoms with Crippen LogP contribution in [0, 0.1) is 5.92 Å². The molecule has 0 aromatic heterocycles. The number of ether oxygens (including phenoxy) is 1. The SMILES string of the molecule is O=C(O)C1Cc2cccc(S(=O)(=O)N3CCN(CCCc4ccc(OC(F)(F)F)cc4)CC3)c2C1. The van der Waals surface area contributed by atoms with Gasteiger partial charge in [-0.3, -0.25) is 4.79 Å². The average Bonchev–Trinajstić information content (AvgIpc) is 3.24. The van der Waals surface area contributed by atoms with Gasteiger partial charge < -0.3 is 14.7 Å². The van der Waals surface area contributed by atoms with Crippen LogP contribution in [0.2, 0.25) is 0 Å². The smallest absolute Gasteiger partial charge is 0.481 e. The van der Waals surface area contributed by atoms with E-state index in [1.807, 2.05) is 0 Å². The van der Waals surface area contributed by atoms with E-state index in [-0.39, 0.29) is 17.1 Å². The Labute approximate surface area is 202 Å². The number of aliphatic carboxylic acids is 1. The molecule has 1 aliphatic carbocycles. The molecule has 1 unspecified atom stereocenters. The van der Waals surface area contributed by atoms with Crippen molar-refractivity contribution in [1.29, 1.82) is 0 Å². The van der Waals surface area contributed by atoms with Crippen LogP contribution in [0.4, 0.5) is 13.2 Å². The highest BCUT2D eigenvalue weighted by Crippen LogP contribution is 2.33. The maximum atomic E-state index is 13.3. The third-order valence-electron chi connectivity index (χ3n) is 6.54. The number of aryl methyl sites for hydroxylation is 1. The van der Waals surface area contributed by atoms with Crippen LogP contribution in [0.5, 0.6) is 5.75 Å². The lowest BCUT2D eigenvalue weighted by Gasteiger charge is -2.34. The number of hydrogen-bond acceptors (Lipinski definition) is 5. The number of carboxylic acids is 1. The summed E-state index contributed by atoms with van der Waals surface area (Å²) in [6.45, 7) is 2.58. The van der Waals surface area contributed by atoms with Crippen LogP contribution < -0.4 is 4.74 Å². The van der Waals surface area contributed by atoms with Crippen molar-refractivity contribution in [3.63, 3.8) is 0 Å². The number of benzene rings is 2. The second-order valence-corrected chi connectivity index (χ2v) is 10.8. The number of sulfonamides is 1. The van der Waals surface area contributed by atoms with E-state index in [9.17, 15) is 31.5 Å². The quantitative estimate of drug-likeness (QED) is 0.584. The zero-order valence-electron chi connectivity index (χ0n) is 19.0. The van der Waals surface area contributed by atoms with Gasteiger partial charge in [-0.05, 0) is 67.1 Å². The van der Waals surface area contributed by atoms with Crippen molar-refractivity contribution in [3.05, 3.63) is 59.2 Å². The molecule has 1 N–H and O–H groups in total. The van der Waals surface area contributed by atoms with Crippen molar-refractivity contribution in [2.24, 2.45) is 5.92 Å². The van der Waals surface area contributed by atoms with Crippen LogP contribution in [0.1, 0.15) is 23.1 Å². The van der Waals surface area contributed by atoms with E-state index in [1.54, 1.807) is 30.3 Å². The minimum atomic E-state index is -4.71. The van der Waals surface area contributed by atoms with E-state index < -0.39 is 28.3 Å². The predicted octanol–water partition coefficient (Wildman–Crippen LogP) is 3.32. The van der Waals surface area contributed by atoms with Crippen molar-refractivity contribution in [1.82, 2.24) is 9.21 Å². The Balaban J connectivity index is 1.28. The first-order valence-electron chi connectivity index (χ1n) is 11.4.